The Morgan fingerprint density at radius 1 is 0.889 bits per heavy atom. The predicted octanol–water partition coefficient (Wildman–Crippen LogP) is 4.16. The van der Waals surface area contributed by atoms with Crippen molar-refractivity contribution in [3.05, 3.63) is 53.1 Å². The smallest absolute Gasteiger partial charge is 0.121 e. The van der Waals surface area contributed by atoms with Crippen molar-refractivity contribution < 1.29 is 4.74 Å². The molecule has 3 rings (SSSR count). The summed E-state index contributed by atoms with van der Waals surface area (Å²) in [6.07, 6.45) is 3.79. The molecule has 0 amide bonds. The highest BCUT2D eigenvalue weighted by atomic mass is 16.5. The van der Waals surface area contributed by atoms with Crippen molar-refractivity contribution in [2.45, 2.75) is 26.2 Å². The van der Waals surface area contributed by atoms with Gasteiger partial charge in [-0.2, -0.15) is 0 Å². The van der Waals surface area contributed by atoms with Gasteiger partial charge in [0.15, 0.2) is 0 Å². The van der Waals surface area contributed by atoms with Gasteiger partial charge in [0.2, 0.25) is 0 Å². The number of fused-ring (bicyclic) bond motifs is 1. The number of hydrogen-bond donors (Lipinski definition) is 0. The second kappa shape index (κ2) is 4.49. The van der Waals surface area contributed by atoms with Crippen LogP contribution in [0.2, 0.25) is 0 Å². The molecule has 1 aliphatic carbocycles. The molecule has 1 heteroatoms. The number of hydrogen-bond acceptors (Lipinski definition) is 1. The largest absolute Gasteiger partial charge is 0.496 e. The third-order valence-electron chi connectivity index (χ3n) is 3.83. The molecule has 0 radical (unpaired) electrons. The van der Waals surface area contributed by atoms with E-state index in [1.54, 1.807) is 7.11 Å². The van der Waals surface area contributed by atoms with Crippen LogP contribution in [0.15, 0.2) is 36.4 Å². The summed E-state index contributed by atoms with van der Waals surface area (Å²) in [6.45, 7) is 2.09. The first-order valence-electron chi connectivity index (χ1n) is 6.55. The fourth-order valence-electron chi connectivity index (χ4n) is 2.81. The summed E-state index contributed by atoms with van der Waals surface area (Å²) in [7, 11) is 1.72. The van der Waals surface area contributed by atoms with Gasteiger partial charge in [0.25, 0.3) is 0 Å². The zero-order chi connectivity index (χ0) is 12.5. The summed E-state index contributed by atoms with van der Waals surface area (Å²) >= 11 is 0. The Hall–Kier alpha value is -1.76. The van der Waals surface area contributed by atoms with Crippen molar-refractivity contribution in [2.24, 2.45) is 0 Å². The molecule has 2 aromatic rings. The fraction of sp³-hybridized carbons (Fsp3) is 0.294. The number of benzene rings is 2. The molecule has 0 unspecified atom stereocenters. The molecule has 0 saturated heterocycles. The van der Waals surface area contributed by atoms with Gasteiger partial charge in [-0.25, -0.2) is 0 Å². The van der Waals surface area contributed by atoms with E-state index >= 15 is 0 Å². The third-order valence-corrected chi connectivity index (χ3v) is 3.83. The van der Waals surface area contributed by atoms with Crippen LogP contribution in [-0.4, -0.2) is 7.11 Å². The maximum Gasteiger partial charge on any atom is 0.121 e. The lowest BCUT2D eigenvalue weighted by molar-refractivity contribution is 0.412. The highest BCUT2D eigenvalue weighted by molar-refractivity contribution is 5.67. The second-order valence-corrected chi connectivity index (χ2v) is 5.02. The van der Waals surface area contributed by atoms with Gasteiger partial charge >= 0.3 is 0 Å². The van der Waals surface area contributed by atoms with E-state index < -0.39 is 0 Å². The van der Waals surface area contributed by atoms with Crippen molar-refractivity contribution in [3.8, 4) is 16.9 Å². The van der Waals surface area contributed by atoms with E-state index in [0.29, 0.717) is 0 Å². The van der Waals surface area contributed by atoms with Crippen molar-refractivity contribution in [1.82, 2.24) is 0 Å². The van der Waals surface area contributed by atoms with Gasteiger partial charge in [0.05, 0.1) is 7.11 Å². The minimum Gasteiger partial charge on any atom is -0.496 e. The van der Waals surface area contributed by atoms with Crippen LogP contribution in [0, 0.1) is 6.92 Å². The average molecular weight is 238 g/mol. The monoisotopic (exact) mass is 238 g/mol. The molecule has 0 heterocycles. The standard InChI is InChI=1S/C17H18O/c1-12-10-15(8-9-17(12)18-2)16-7-6-13-4-3-5-14(13)11-16/h6-11H,3-5H2,1-2H3. The van der Waals surface area contributed by atoms with E-state index in [2.05, 4.69) is 43.3 Å². The molecule has 1 aliphatic rings. The van der Waals surface area contributed by atoms with Crippen molar-refractivity contribution in [1.29, 1.82) is 0 Å². The lowest BCUT2D eigenvalue weighted by atomic mass is 9.99. The molecule has 0 aromatic heterocycles. The molecule has 0 aliphatic heterocycles. The van der Waals surface area contributed by atoms with E-state index in [9.17, 15) is 0 Å². The van der Waals surface area contributed by atoms with Crippen LogP contribution in [0.4, 0.5) is 0 Å². The zero-order valence-electron chi connectivity index (χ0n) is 11.0. The van der Waals surface area contributed by atoms with Gasteiger partial charge in [0, 0.05) is 0 Å². The molecule has 2 aromatic carbocycles. The van der Waals surface area contributed by atoms with Crippen LogP contribution in [0.3, 0.4) is 0 Å². The van der Waals surface area contributed by atoms with E-state index in [-0.39, 0.29) is 0 Å². The molecule has 0 saturated carbocycles. The Labute approximate surface area is 108 Å². The molecule has 1 nitrogen and oxygen atoms in total. The minimum atomic E-state index is 0.958. The Balaban J connectivity index is 2.02. The molecular weight excluding hydrogens is 220 g/mol. The quantitative estimate of drug-likeness (QED) is 0.763. The average Bonchev–Trinajstić information content (AvgIpc) is 2.85. The first kappa shape index (κ1) is 11.3. The Bertz CT molecular complexity index is 584. The second-order valence-electron chi connectivity index (χ2n) is 5.02. The maximum atomic E-state index is 5.31. The highest BCUT2D eigenvalue weighted by Crippen LogP contribution is 2.30. The van der Waals surface area contributed by atoms with Crippen molar-refractivity contribution in [2.75, 3.05) is 7.11 Å². The molecule has 0 fully saturated rings. The minimum absolute atomic E-state index is 0.958. The van der Waals surface area contributed by atoms with Crippen LogP contribution in [0.1, 0.15) is 23.1 Å². The molecule has 0 spiro atoms. The van der Waals surface area contributed by atoms with Crippen LogP contribution < -0.4 is 4.74 Å². The summed E-state index contributed by atoms with van der Waals surface area (Å²) < 4.78 is 5.31. The van der Waals surface area contributed by atoms with Gasteiger partial charge in [-0.1, -0.05) is 24.3 Å². The number of methoxy groups -OCH3 is 1. The summed E-state index contributed by atoms with van der Waals surface area (Å²) in [5.74, 6) is 0.958. The number of rotatable bonds is 2. The van der Waals surface area contributed by atoms with Crippen LogP contribution in [0.25, 0.3) is 11.1 Å². The maximum absolute atomic E-state index is 5.31. The van der Waals surface area contributed by atoms with Crippen molar-refractivity contribution in [3.63, 3.8) is 0 Å². The molecule has 92 valence electrons. The first-order valence-corrected chi connectivity index (χ1v) is 6.55. The van der Waals surface area contributed by atoms with Crippen LogP contribution in [0.5, 0.6) is 5.75 Å². The molecule has 0 bridgehead atoms. The Kier molecular flexibility index (Phi) is 2.83. The van der Waals surface area contributed by atoms with Crippen LogP contribution in [-0.2, 0) is 12.8 Å². The summed E-state index contributed by atoms with van der Waals surface area (Å²) in [6, 6.07) is 13.3. The normalized spacial score (nSPS) is 13.4. The van der Waals surface area contributed by atoms with E-state index in [1.165, 1.54) is 47.1 Å². The highest BCUT2D eigenvalue weighted by Gasteiger charge is 2.11. The number of aryl methyl sites for hydroxylation is 3. The van der Waals surface area contributed by atoms with E-state index in [0.717, 1.165) is 5.75 Å². The lowest BCUT2D eigenvalue weighted by Crippen LogP contribution is -1.89. The molecule has 0 N–H and O–H groups in total. The third kappa shape index (κ3) is 1.90. The topological polar surface area (TPSA) is 9.23 Å². The zero-order valence-corrected chi connectivity index (χ0v) is 11.0. The summed E-state index contributed by atoms with van der Waals surface area (Å²) in [5.41, 5.74) is 6.85. The van der Waals surface area contributed by atoms with Gasteiger partial charge in [-0.3, -0.25) is 0 Å². The fourth-order valence-corrected chi connectivity index (χ4v) is 2.81. The number of ether oxygens (including phenoxy) is 1. The molecule has 18 heavy (non-hydrogen) atoms. The first-order chi connectivity index (χ1) is 8.78. The van der Waals surface area contributed by atoms with Crippen LogP contribution >= 0.6 is 0 Å². The predicted molar refractivity (Wildman–Crippen MR) is 75.2 cm³/mol. The van der Waals surface area contributed by atoms with Gasteiger partial charge < -0.3 is 4.74 Å². The summed E-state index contributed by atoms with van der Waals surface area (Å²) in [5, 5.41) is 0. The van der Waals surface area contributed by atoms with Gasteiger partial charge in [-0.05, 0) is 66.1 Å². The lowest BCUT2D eigenvalue weighted by Gasteiger charge is -2.09. The van der Waals surface area contributed by atoms with E-state index in [1.807, 2.05) is 0 Å². The Morgan fingerprint density at radius 3 is 2.39 bits per heavy atom. The molecular formula is C17H18O. The summed E-state index contributed by atoms with van der Waals surface area (Å²) in [4.78, 5) is 0. The molecule has 0 atom stereocenters. The van der Waals surface area contributed by atoms with Gasteiger partial charge in [0.1, 0.15) is 5.75 Å². The van der Waals surface area contributed by atoms with Gasteiger partial charge in [-0.15, -0.1) is 0 Å². The Morgan fingerprint density at radius 2 is 1.61 bits per heavy atom. The van der Waals surface area contributed by atoms with E-state index in [4.69, 9.17) is 4.74 Å². The SMILES string of the molecule is COc1ccc(-c2ccc3c(c2)CCC3)cc1C. The van der Waals surface area contributed by atoms with Crippen molar-refractivity contribution >= 4 is 0 Å².